The summed E-state index contributed by atoms with van der Waals surface area (Å²) in [5, 5.41) is 3.50. The molecule has 0 aliphatic rings. The summed E-state index contributed by atoms with van der Waals surface area (Å²) in [5.74, 6) is -0.863. The number of anilines is 1. The van der Waals surface area contributed by atoms with E-state index in [0.29, 0.717) is 38.6 Å². The Morgan fingerprint density at radius 3 is 2.42 bits per heavy atom. The SMILES string of the molecule is Cc1nc2cc(F)c(-c3cnc(P(C)C)nc3)nc2c(NCc2ccccc2F)c1Cl. The Balaban J connectivity index is 1.80. The number of benzene rings is 1. The van der Waals surface area contributed by atoms with Gasteiger partial charge in [-0.3, -0.25) is 0 Å². The van der Waals surface area contributed by atoms with Gasteiger partial charge in [-0.25, -0.2) is 28.7 Å². The number of hydrogen-bond acceptors (Lipinski definition) is 5. The van der Waals surface area contributed by atoms with Crippen molar-refractivity contribution in [3.8, 4) is 11.3 Å². The van der Waals surface area contributed by atoms with Crippen LogP contribution < -0.4 is 10.9 Å². The standard InChI is InChI=1S/C22H19ClF2N5P/c1-12-18(23)21(26-9-13-6-4-5-7-15(13)24)20-17(29-12)8-16(25)19(30-20)14-10-27-22(28-11-14)31(2)3/h4-8,10-11H,9H2,1-3H3,(H,26,29). The smallest absolute Gasteiger partial charge is 0.151 e. The van der Waals surface area contributed by atoms with E-state index >= 15 is 0 Å². The van der Waals surface area contributed by atoms with Gasteiger partial charge in [0, 0.05) is 36.1 Å². The Bertz CT molecular complexity index is 1270. The minimum absolute atomic E-state index is 0.103. The summed E-state index contributed by atoms with van der Waals surface area (Å²) in [6, 6.07) is 7.77. The molecule has 0 unspecified atom stereocenters. The zero-order chi connectivity index (χ0) is 22.1. The molecule has 3 aromatic heterocycles. The van der Waals surface area contributed by atoms with Gasteiger partial charge in [0.05, 0.1) is 21.9 Å². The molecular weight excluding hydrogens is 439 g/mol. The molecule has 0 atom stereocenters. The number of rotatable bonds is 5. The zero-order valence-corrected chi connectivity index (χ0v) is 18.8. The predicted molar refractivity (Wildman–Crippen MR) is 122 cm³/mol. The molecule has 1 N–H and O–H groups in total. The van der Waals surface area contributed by atoms with E-state index in [1.807, 2.05) is 13.3 Å². The van der Waals surface area contributed by atoms with Crippen LogP contribution >= 0.6 is 19.5 Å². The van der Waals surface area contributed by atoms with Crippen molar-refractivity contribution in [1.29, 1.82) is 0 Å². The maximum atomic E-state index is 14.9. The minimum Gasteiger partial charge on any atom is -0.378 e. The van der Waals surface area contributed by atoms with Crippen LogP contribution in [-0.4, -0.2) is 33.3 Å². The topological polar surface area (TPSA) is 63.6 Å². The van der Waals surface area contributed by atoms with Crippen molar-refractivity contribution in [3.05, 3.63) is 70.6 Å². The second-order valence-electron chi connectivity index (χ2n) is 7.18. The average Bonchev–Trinajstić information content (AvgIpc) is 2.75. The molecule has 5 nitrogen and oxygen atoms in total. The Kier molecular flexibility index (Phi) is 6.08. The van der Waals surface area contributed by atoms with Crippen LogP contribution in [0.5, 0.6) is 0 Å². The normalized spacial score (nSPS) is 11.3. The molecule has 4 aromatic rings. The maximum Gasteiger partial charge on any atom is 0.151 e. The van der Waals surface area contributed by atoms with Gasteiger partial charge in [-0.2, -0.15) is 0 Å². The molecule has 158 valence electrons. The molecule has 31 heavy (non-hydrogen) atoms. The molecule has 0 saturated heterocycles. The lowest BCUT2D eigenvalue weighted by atomic mass is 10.1. The number of aromatic nitrogens is 4. The minimum atomic E-state index is -0.534. The average molecular weight is 458 g/mol. The van der Waals surface area contributed by atoms with Gasteiger partial charge < -0.3 is 5.32 Å². The van der Waals surface area contributed by atoms with E-state index in [2.05, 4.69) is 25.3 Å². The number of nitrogens with zero attached hydrogens (tertiary/aromatic N) is 4. The van der Waals surface area contributed by atoms with Crippen LogP contribution in [-0.2, 0) is 6.54 Å². The summed E-state index contributed by atoms with van der Waals surface area (Å²) in [5.41, 5.74) is 3.49. The highest BCUT2D eigenvalue weighted by molar-refractivity contribution is 7.63. The van der Waals surface area contributed by atoms with Crippen molar-refractivity contribution in [2.75, 3.05) is 18.6 Å². The summed E-state index contributed by atoms with van der Waals surface area (Å²) in [7, 11) is -0.460. The molecule has 0 aliphatic carbocycles. The molecule has 0 spiro atoms. The molecule has 9 heteroatoms. The van der Waals surface area contributed by atoms with Crippen molar-refractivity contribution in [3.63, 3.8) is 0 Å². The summed E-state index contributed by atoms with van der Waals surface area (Å²) in [6.07, 6.45) is 3.13. The first-order valence-corrected chi connectivity index (χ1v) is 12.1. The molecule has 0 aliphatic heterocycles. The van der Waals surface area contributed by atoms with Crippen LogP contribution in [0.25, 0.3) is 22.3 Å². The van der Waals surface area contributed by atoms with Crippen LogP contribution in [0.15, 0.2) is 42.7 Å². The van der Waals surface area contributed by atoms with E-state index in [0.717, 1.165) is 5.57 Å². The van der Waals surface area contributed by atoms with Gasteiger partial charge in [-0.05, 0) is 34.2 Å². The number of hydrogen-bond donors (Lipinski definition) is 1. The van der Waals surface area contributed by atoms with Crippen molar-refractivity contribution in [2.24, 2.45) is 0 Å². The lowest BCUT2D eigenvalue weighted by Gasteiger charge is -2.14. The first-order valence-electron chi connectivity index (χ1n) is 9.48. The number of nitrogens with one attached hydrogen (secondary N) is 1. The Morgan fingerprint density at radius 1 is 1.03 bits per heavy atom. The van der Waals surface area contributed by atoms with E-state index in [1.54, 1.807) is 37.5 Å². The molecular formula is C22H19ClF2N5P. The number of fused-ring (bicyclic) bond motifs is 1. The molecule has 3 heterocycles. The molecule has 0 amide bonds. The fourth-order valence-corrected chi connectivity index (χ4v) is 3.90. The van der Waals surface area contributed by atoms with Crippen LogP contribution in [0.4, 0.5) is 14.5 Å². The Labute approximate surface area is 184 Å². The van der Waals surface area contributed by atoms with E-state index in [9.17, 15) is 8.78 Å². The Hall–Kier alpha value is -2.76. The monoisotopic (exact) mass is 457 g/mol. The van der Waals surface area contributed by atoms with Crippen LogP contribution in [0.2, 0.25) is 5.02 Å². The van der Waals surface area contributed by atoms with E-state index in [-0.39, 0.29) is 18.1 Å². The highest BCUT2D eigenvalue weighted by Crippen LogP contribution is 2.34. The number of pyridine rings is 2. The lowest BCUT2D eigenvalue weighted by Crippen LogP contribution is -2.10. The van der Waals surface area contributed by atoms with E-state index in [1.165, 1.54) is 12.1 Å². The van der Waals surface area contributed by atoms with Crippen molar-refractivity contribution in [2.45, 2.75) is 13.5 Å². The van der Waals surface area contributed by atoms with Gasteiger partial charge in [-0.1, -0.05) is 29.8 Å². The largest absolute Gasteiger partial charge is 0.378 e. The highest BCUT2D eigenvalue weighted by Gasteiger charge is 2.18. The summed E-state index contributed by atoms with van der Waals surface area (Å²) < 4.78 is 28.9. The van der Waals surface area contributed by atoms with Gasteiger partial charge in [0.25, 0.3) is 0 Å². The van der Waals surface area contributed by atoms with Crippen molar-refractivity contribution in [1.82, 2.24) is 19.9 Å². The zero-order valence-electron chi connectivity index (χ0n) is 17.1. The van der Waals surface area contributed by atoms with Crippen molar-refractivity contribution < 1.29 is 8.78 Å². The van der Waals surface area contributed by atoms with E-state index < -0.39 is 13.7 Å². The molecule has 0 bridgehead atoms. The second-order valence-corrected chi connectivity index (χ2v) is 9.75. The van der Waals surface area contributed by atoms with Gasteiger partial charge >= 0.3 is 0 Å². The third-order valence-electron chi connectivity index (χ3n) is 4.74. The molecule has 4 rings (SSSR count). The predicted octanol–water partition coefficient (Wildman–Crippen LogP) is 5.31. The van der Waals surface area contributed by atoms with Crippen LogP contribution in [0.3, 0.4) is 0 Å². The third-order valence-corrected chi connectivity index (χ3v) is 6.24. The van der Waals surface area contributed by atoms with E-state index in [4.69, 9.17) is 11.6 Å². The molecule has 0 radical (unpaired) electrons. The first kappa shape index (κ1) is 21.5. The summed E-state index contributed by atoms with van der Waals surface area (Å²) >= 11 is 6.50. The first-order chi connectivity index (χ1) is 14.8. The fourth-order valence-electron chi connectivity index (χ4n) is 3.13. The molecule has 0 saturated carbocycles. The number of aryl methyl sites for hydroxylation is 1. The fraction of sp³-hybridized carbons (Fsp3) is 0.182. The highest BCUT2D eigenvalue weighted by atomic mass is 35.5. The van der Waals surface area contributed by atoms with Crippen LogP contribution in [0, 0.1) is 18.6 Å². The quantitative estimate of drug-likeness (QED) is 0.412. The maximum absolute atomic E-state index is 14.9. The van der Waals surface area contributed by atoms with Crippen molar-refractivity contribution >= 4 is 41.8 Å². The lowest BCUT2D eigenvalue weighted by molar-refractivity contribution is 0.613. The van der Waals surface area contributed by atoms with Gasteiger partial charge in [0.2, 0.25) is 0 Å². The Morgan fingerprint density at radius 2 is 1.74 bits per heavy atom. The third kappa shape index (κ3) is 4.34. The van der Waals surface area contributed by atoms with Gasteiger partial charge in [0.1, 0.15) is 22.6 Å². The number of halogens is 3. The molecule has 0 fully saturated rings. The summed E-state index contributed by atoms with van der Waals surface area (Å²) in [4.78, 5) is 17.5. The second kappa shape index (κ2) is 8.77. The summed E-state index contributed by atoms with van der Waals surface area (Å²) in [6.45, 7) is 6.00. The van der Waals surface area contributed by atoms with Gasteiger partial charge in [-0.15, -0.1) is 0 Å². The van der Waals surface area contributed by atoms with Gasteiger partial charge in [0.15, 0.2) is 5.82 Å². The molecule has 1 aromatic carbocycles. The van der Waals surface area contributed by atoms with Crippen LogP contribution in [0.1, 0.15) is 11.3 Å².